The first kappa shape index (κ1) is 21.3. The van der Waals surface area contributed by atoms with E-state index in [-0.39, 0.29) is 29.7 Å². The fraction of sp³-hybridized carbons (Fsp3) is 0.481. The van der Waals surface area contributed by atoms with Crippen molar-refractivity contribution in [3.8, 4) is 11.5 Å². The normalized spacial score (nSPS) is 34.8. The summed E-state index contributed by atoms with van der Waals surface area (Å²) in [7, 11) is 0. The number of aromatic hydroxyl groups is 1. The summed E-state index contributed by atoms with van der Waals surface area (Å²) in [6.45, 7) is 1.63. The number of benzene rings is 2. The monoisotopic (exact) mass is 478 g/mol. The van der Waals surface area contributed by atoms with Crippen molar-refractivity contribution in [1.82, 2.24) is 4.90 Å². The van der Waals surface area contributed by atoms with Crippen molar-refractivity contribution in [3.05, 3.63) is 53.3 Å². The van der Waals surface area contributed by atoms with Gasteiger partial charge in [-0.2, -0.15) is 0 Å². The van der Waals surface area contributed by atoms with Crippen molar-refractivity contribution >= 4 is 17.4 Å². The van der Waals surface area contributed by atoms with E-state index < -0.39 is 34.8 Å². The second-order valence-corrected chi connectivity index (χ2v) is 10.9. The van der Waals surface area contributed by atoms with E-state index in [1.54, 1.807) is 6.07 Å². The zero-order valence-electron chi connectivity index (χ0n) is 19.2. The second kappa shape index (κ2) is 7.04. The molecular formula is C27H27FN2O5. The molecule has 3 fully saturated rings. The number of aliphatic hydroxyl groups is 1. The molecule has 2 aromatic carbocycles. The highest BCUT2D eigenvalue weighted by Crippen LogP contribution is 2.65. The molecular weight excluding hydrogens is 451 g/mol. The van der Waals surface area contributed by atoms with Gasteiger partial charge in [-0.25, -0.2) is 4.39 Å². The average Bonchev–Trinajstić information content (AvgIpc) is 3.57. The first-order valence-electron chi connectivity index (χ1n) is 12.4. The zero-order valence-corrected chi connectivity index (χ0v) is 19.2. The number of anilines is 1. The summed E-state index contributed by atoms with van der Waals surface area (Å²) in [4.78, 5) is 29.5. The molecule has 35 heavy (non-hydrogen) atoms. The Hall–Kier alpha value is -2.97. The van der Waals surface area contributed by atoms with Gasteiger partial charge in [0, 0.05) is 23.8 Å². The summed E-state index contributed by atoms with van der Waals surface area (Å²) in [6.07, 6.45) is 2.42. The number of hydrogen-bond donors (Lipinski definition) is 3. The van der Waals surface area contributed by atoms with Gasteiger partial charge in [0.05, 0.1) is 11.0 Å². The van der Waals surface area contributed by atoms with Gasteiger partial charge in [0.2, 0.25) is 5.91 Å². The van der Waals surface area contributed by atoms with Crippen LogP contribution < -0.4 is 10.1 Å². The molecule has 1 saturated heterocycles. The number of ether oxygens (including phenoxy) is 1. The van der Waals surface area contributed by atoms with Crippen LogP contribution in [0.2, 0.25) is 0 Å². The molecule has 5 aliphatic rings. The molecule has 7 rings (SSSR count). The highest BCUT2D eigenvalue weighted by molar-refractivity contribution is 6.10. The van der Waals surface area contributed by atoms with Gasteiger partial charge in [-0.1, -0.05) is 6.07 Å². The Labute approximate surface area is 201 Å². The Balaban J connectivity index is 1.32. The molecule has 1 amide bonds. The first-order valence-corrected chi connectivity index (χ1v) is 12.4. The van der Waals surface area contributed by atoms with E-state index in [0.29, 0.717) is 24.4 Å². The van der Waals surface area contributed by atoms with E-state index in [0.717, 1.165) is 24.2 Å². The first-order chi connectivity index (χ1) is 16.8. The van der Waals surface area contributed by atoms with Gasteiger partial charge in [0.25, 0.3) is 0 Å². The lowest BCUT2D eigenvalue weighted by Gasteiger charge is -2.63. The Morgan fingerprint density at radius 1 is 1.20 bits per heavy atom. The number of Topliss-reactive ketones (excluding diaryl/α,β-unsaturated/α-hetero) is 1. The number of carbonyl (C=O) groups excluding carboxylic acids is 2. The Kier molecular flexibility index (Phi) is 4.29. The molecule has 2 saturated carbocycles. The van der Waals surface area contributed by atoms with E-state index in [1.807, 2.05) is 6.07 Å². The molecule has 3 N–H and O–H groups in total. The van der Waals surface area contributed by atoms with Crippen molar-refractivity contribution < 1.29 is 28.9 Å². The molecule has 0 aromatic heterocycles. The third kappa shape index (κ3) is 2.78. The van der Waals surface area contributed by atoms with Gasteiger partial charge in [0.1, 0.15) is 11.7 Å². The minimum atomic E-state index is -1.37. The summed E-state index contributed by atoms with van der Waals surface area (Å²) in [5, 5.41) is 25.9. The van der Waals surface area contributed by atoms with Crippen LogP contribution in [0.25, 0.3) is 0 Å². The standard InChI is InChI=1S/C27H27FN2O5/c28-16-4-6-17(7-5-16)29-25(33)18-12-27(34)20-11-15-3-8-19(31)23-21(15)26(27,24(35-23)22(18)32)9-10-30(20)13-14-1-2-14/h3-8,14,18,20,24,31,34H,1-2,9-13H2,(H,29,33)/t18?,20-,24+,26+,27-/m1/s1. The lowest BCUT2D eigenvalue weighted by molar-refractivity contribution is -0.197. The number of amides is 1. The van der Waals surface area contributed by atoms with Gasteiger partial charge in [0.15, 0.2) is 23.4 Å². The molecule has 1 unspecified atom stereocenters. The molecule has 182 valence electrons. The number of nitrogens with one attached hydrogen (secondary N) is 1. The van der Waals surface area contributed by atoms with Crippen LogP contribution in [0.4, 0.5) is 10.1 Å². The van der Waals surface area contributed by atoms with E-state index in [2.05, 4.69) is 10.2 Å². The van der Waals surface area contributed by atoms with Crippen LogP contribution in [0, 0.1) is 17.7 Å². The van der Waals surface area contributed by atoms with Crippen LogP contribution in [-0.2, 0) is 21.4 Å². The summed E-state index contributed by atoms with van der Waals surface area (Å²) in [5.41, 5.74) is -0.222. The Morgan fingerprint density at radius 2 is 1.97 bits per heavy atom. The number of hydrogen-bond acceptors (Lipinski definition) is 6. The maximum Gasteiger partial charge on any atom is 0.235 e. The average molecular weight is 479 g/mol. The van der Waals surface area contributed by atoms with E-state index in [1.165, 1.54) is 37.1 Å². The van der Waals surface area contributed by atoms with Crippen LogP contribution in [0.5, 0.6) is 11.5 Å². The third-order valence-electron chi connectivity index (χ3n) is 9.06. The van der Waals surface area contributed by atoms with E-state index >= 15 is 0 Å². The zero-order chi connectivity index (χ0) is 24.1. The molecule has 8 heteroatoms. The van der Waals surface area contributed by atoms with Crippen LogP contribution in [0.15, 0.2) is 36.4 Å². The minimum Gasteiger partial charge on any atom is -0.504 e. The number of piperidine rings is 1. The Morgan fingerprint density at radius 3 is 2.71 bits per heavy atom. The molecule has 1 spiro atoms. The quantitative estimate of drug-likeness (QED) is 0.585. The number of phenols is 1. The van der Waals surface area contributed by atoms with E-state index in [9.17, 15) is 24.2 Å². The topological polar surface area (TPSA) is 99.1 Å². The highest BCUT2D eigenvalue weighted by atomic mass is 19.1. The summed E-state index contributed by atoms with van der Waals surface area (Å²) >= 11 is 0. The van der Waals surface area contributed by atoms with Gasteiger partial charge in [-0.15, -0.1) is 0 Å². The number of phenolic OH excluding ortho intramolecular Hbond substituents is 1. The van der Waals surface area contributed by atoms with Crippen LogP contribution in [-0.4, -0.2) is 57.6 Å². The van der Waals surface area contributed by atoms with Crippen LogP contribution in [0.3, 0.4) is 0 Å². The SMILES string of the molecule is O=C(Nc1ccc(F)cc1)C1C[C@@]2(O)[C@H]3Cc4ccc(O)c5c4[C@@]2(CCN3CC2CC2)[C@@H](O5)C1=O. The predicted octanol–water partition coefficient (Wildman–Crippen LogP) is 2.53. The number of nitrogens with zero attached hydrogens (tertiary/aromatic N) is 1. The summed E-state index contributed by atoms with van der Waals surface area (Å²) in [5.74, 6) is -1.61. The van der Waals surface area contributed by atoms with Crippen LogP contribution in [0.1, 0.15) is 36.8 Å². The molecule has 2 bridgehead atoms. The smallest absolute Gasteiger partial charge is 0.235 e. The fourth-order valence-electron chi connectivity index (χ4n) is 7.29. The second-order valence-electron chi connectivity index (χ2n) is 10.9. The molecule has 2 aromatic rings. The van der Waals surface area contributed by atoms with Crippen LogP contribution >= 0.6 is 0 Å². The fourth-order valence-corrected chi connectivity index (χ4v) is 7.29. The molecule has 2 aliphatic heterocycles. The van der Waals surface area contributed by atoms with Gasteiger partial charge in [-0.05, 0) is 80.5 Å². The lowest BCUT2D eigenvalue weighted by Crippen LogP contribution is -2.78. The molecule has 0 radical (unpaired) electrons. The van der Waals surface area contributed by atoms with Gasteiger partial charge >= 0.3 is 0 Å². The van der Waals surface area contributed by atoms with Gasteiger partial charge < -0.3 is 20.3 Å². The molecule has 3 aliphatic carbocycles. The molecule has 2 heterocycles. The predicted molar refractivity (Wildman–Crippen MR) is 124 cm³/mol. The lowest BCUT2D eigenvalue weighted by atomic mass is 9.47. The maximum atomic E-state index is 13.8. The Bertz CT molecular complexity index is 1260. The number of halogens is 1. The maximum absolute atomic E-state index is 13.8. The number of likely N-dealkylation sites (tertiary alicyclic amines) is 1. The third-order valence-corrected chi connectivity index (χ3v) is 9.06. The molecule has 7 nitrogen and oxygen atoms in total. The van der Waals surface area contributed by atoms with Crippen molar-refractivity contribution in [2.75, 3.05) is 18.4 Å². The number of ketones is 1. The summed E-state index contributed by atoms with van der Waals surface area (Å²) < 4.78 is 19.5. The van der Waals surface area contributed by atoms with Crippen molar-refractivity contribution in [3.63, 3.8) is 0 Å². The van der Waals surface area contributed by atoms with Gasteiger partial charge in [-0.3, -0.25) is 14.5 Å². The van der Waals surface area contributed by atoms with Crippen molar-refractivity contribution in [2.45, 2.75) is 55.3 Å². The van der Waals surface area contributed by atoms with Crippen molar-refractivity contribution in [1.29, 1.82) is 0 Å². The number of carbonyl (C=O) groups is 2. The van der Waals surface area contributed by atoms with Crippen molar-refractivity contribution in [2.24, 2.45) is 11.8 Å². The highest BCUT2D eigenvalue weighted by Gasteiger charge is 2.75. The summed E-state index contributed by atoms with van der Waals surface area (Å²) in [6, 6.07) is 8.58. The molecule has 5 atom stereocenters. The van der Waals surface area contributed by atoms with E-state index in [4.69, 9.17) is 4.74 Å². The minimum absolute atomic E-state index is 0.0148. The largest absolute Gasteiger partial charge is 0.504 e. The number of rotatable bonds is 4.